The molecule has 0 spiro atoms. The first kappa shape index (κ1) is 16.1. The van der Waals surface area contributed by atoms with Crippen molar-refractivity contribution in [3.63, 3.8) is 0 Å². The van der Waals surface area contributed by atoms with Crippen LogP contribution >= 0.6 is 0 Å². The molecule has 0 bridgehead atoms. The van der Waals surface area contributed by atoms with Crippen LogP contribution in [0.25, 0.3) is 0 Å². The van der Waals surface area contributed by atoms with Crippen LogP contribution in [-0.4, -0.2) is 47.4 Å². The Kier molecular flexibility index (Phi) is 4.26. The molecule has 2 unspecified atom stereocenters. The summed E-state index contributed by atoms with van der Waals surface area (Å²) in [5, 5.41) is 13.3. The summed E-state index contributed by atoms with van der Waals surface area (Å²) in [4.78, 5) is 22.5. The van der Waals surface area contributed by atoms with E-state index in [-0.39, 0.29) is 4.90 Å². The number of hydrazone groups is 1. The van der Waals surface area contributed by atoms with E-state index in [0.29, 0.717) is 10.6 Å². The molecule has 1 aliphatic rings. The Morgan fingerprint density at radius 3 is 2.41 bits per heavy atom. The molecule has 1 heterocycles. The van der Waals surface area contributed by atoms with E-state index >= 15 is 0 Å². The Labute approximate surface area is 125 Å². The molecule has 10 heteroatoms. The number of hydrogen-bond donors (Lipinski definition) is 2. The molecule has 9 nitrogen and oxygen atoms in total. The van der Waals surface area contributed by atoms with Crippen molar-refractivity contribution in [1.29, 1.82) is 0 Å². The van der Waals surface area contributed by atoms with Gasteiger partial charge in [0.1, 0.15) is 6.10 Å². The lowest BCUT2D eigenvalue weighted by molar-refractivity contribution is -0.125. The highest BCUT2D eigenvalue weighted by Gasteiger charge is 2.33. The fourth-order valence-corrected chi connectivity index (χ4v) is 2.18. The van der Waals surface area contributed by atoms with Gasteiger partial charge in [-0.2, -0.15) is 18.5 Å². The molecule has 1 aromatic carbocycles. The van der Waals surface area contributed by atoms with E-state index in [2.05, 4.69) is 5.10 Å². The predicted octanol–water partition coefficient (Wildman–Crippen LogP) is 0.320. The maximum absolute atomic E-state index is 11.8. The Morgan fingerprint density at radius 1 is 1.36 bits per heavy atom. The molecule has 118 valence electrons. The maximum Gasteiger partial charge on any atom is 0.433 e. The molecule has 0 saturated heterocycles. The van der Waals surface area contributed by atoms with Gasteiger partial charge in [0.2, 0.25) is 12.0 Å². The number of Topliss-reactive ketones (excluding diaryl/α,β-unsaturated/α-hetero) is 1. The summed E-state index contributed by atoms with van der Waals surface area (Å²) in [7, 11) is -4.30. The van der Waals surface area contributed by atoms with Crippen LogP contribution in [0.2, 0.25) is 0 Å². The monoisotopic (exact) mass is 328 g/mol. The third kappa shape index (κ3) is 3.30. The third-order valence-electron chi connectivity index (χ3n) is 2.91. The van der Waals surface area contributed by atoms with Crippen molar-refractivity contribution in [2.45, 2.75) is 24.2 Å². The molecule has 1 amide bonds. The average Bonchev–Trinajstić information content (AvgIpc) is 2.78. The summed E-state index contributed by atoms with van der Waals surface area (Å²) in [5.41, 5.74) is 0.449. The summed E-state index contributed by atoms with van der Waals surface area (Å²) < 4.78 is 35.7. The second-order valence-electron chi connectivity index (χ2n) is 4.44. The van der Waals surface area contributed by atoms with Gasteiger partial charge in [0, 0.05) is 0 Å². The van der Waals surface area contributed by atoms with Crippen molar-refractivity contribution in [3.8, 4) is 0 Å². The Morgan fingerprint density at radius 2 is 1.95 bits per heavy atom. The second-order valence-corrected chi connectivity index (χ2v) is 5.86. The maximum atomic E-state index is 11.8. The molecule has 0 radical (unpaired) electrons. The van der Waals surface area contributed by atoms with E-state index in [0.717, 1.165) is 18.3 Å². The van der Waals surface area contributed by atoms with Gasteiger partial charge in [-0.25, -0.2) is 4.79 Å². The Balaban J connectivity index is 2.06. The number of carbonyl (C=O) groups excluding carboxylic acids is 2. The van der Waals surface area contributed by atoms with Crippen molar-refractivity contribution in [2.75, 3.05) is 0 Å². The summed E-state index contributed by atoms with van der Waals surface area (Å²) in [5.74, 6) is -0.734. The van der Waals surface area contributed by atoms with Gasteiger partial charge in [-0.15, -0.1) is 0 Å². The fourth-order valence-electron chi connectivity index (χ4n) is 1.70. The predicted molar refractivity (Wildman–Crippen MR) is 72.5 cm³/mol. The second kappa shape index (κ2) is 5.83. The molecule has 1 aromatic rings. The molecule has 2 N–H and O–H groups in total. The summed E-state index contributed by atoms with van der Waals surface area (Å²) in [6.45, 7) is 1.51. The molecule has 22 heavy (non-hydrogen) atoms. The molecule has 2 rings (SSSR count). The van der Waals surface area contributed by atoms with Gasteiger partial charge < -0.3 is 9.84 Å². The molecular formula is C12H12N2O7S. The Bertz CT molecular complexity index is 726. The molecule has 0 fully saturated rings. The average molecular weight is 328 g/mol. The first-order valence-electron chi connectivity index (χ1n) is 6.03. The largest absolute Gasteiger partial charge is 0.440 e. The van der Waals surface area contributed by atoms with E-state index in [1.165, 1.54) is 19.1 Å². The molecule has 0 aromatic heterocycles. The van der Waals surface area contributed by atoms with Crippen molar-refractivity contribution >= 4 is 28.2 Å². The normalized spacial score (nSPS) is 19.3. The first-order chi connectivity index (χ1) is 10.2. The lowest BCUT2D eigenvalue weighted by Gasteiger charge is -2.19. The summed E-state index contributed by atoms with van der Waals surface area (Å²) in [6.07, 6.45) is -2.72. The van der Waals surface area contributed by atoms with Crippen LogP contribution in [0.3, 0.4) is 0 Å². The van der Waals surface area contributed by atoms with Crippen LogP contribution in [0.1, 0.15) is 18.6 Å². The minimum Gasteiger partial charge on any atom is -0.440 e. The topological polar surface area (TPSA) is 134 Å². The zero-order chi connectivity index (χ0) is 16.5. The molecule has 2 atom stereocenters. The standard InChI is InChI=1S/C12H12N2O7S/c1-7(8-2-4-9(5-3-8)22(18,19)20)21-12(17)14-11(16)10(15)6-13-14/h2-7,11,16H,1H3,(H,18,19,20). The van der Waals surface area contributed by atoms with Crippen molar-refractivity contribution in [1.82, 2.24) is 5.01 Å². The van der Waals surface area contributed by atoms with Gasteiger partial charge in [0.15, 0.2) is 0 Å². The number of carbonyl (C=O) groups is 2. The van der Waals surface area contributed by atoms with Crippen LogP contribution in [-0.2, 0) is 19.6 Å². The first-order valence-corrected chi connectivity index (χ1v) is 7.47. The number of hydrogen-bond acceptors (Lipinski definition) is 7. The molecule has 0 aliphatic carbocycles. The zero-order valence-electron chi connectivity index (χ0n) is 11.3. The molecular weight excluding hydrogens is 316 g/mol. The van der Waals surface area contributed by atoms with Crippen LogP contribution in [0.15, 0.2) is 34.3 Å². The molecule has 1 aliphatic heterocycles. The van der Waals surface area contributed by atoms with Gasteiger partial charge in [-0.3, -0.25) is 9.35 Å². The highest BCUT2D eigenvalue weighted by atomic mass is 32.2. The fraction of sp³-hybridized carbons (Fsp3) is 0.250. The number of amides is 1. The van der Waals surface area contributed by atoms with Gasteiger partial charge in [0.05, 0.1) is 11.1 Å². The van der Waals surface area contributed by atoms with Crippen LogP contribution in [0.4, 0.5) is 4.79 Å². The lowest BCUT2D eigenvalue weighted by atomic mass is 10.1. The van der Waals surface area contributed by atoms with Crippen LogP contribution in [0, 0.1) is 0 Å². The number of rotatable bonds is 3. The Hall–Kier alpha value is -2.30. The molecule has 0 saturated carbocycles. The van der Waals surface area contributed by atoms with Crippen molar-refractivity contribution in [2.24, 2.45) is 5.10 Å². The van der Waals surface area contributed by atoms with Gasteiger partial charge in [0.25, 0.3) is 10.1 Å². The smallest absolute Gasteiger partial charge is 0.433 e. The van der Waals surface area contributed by atoms with E-state index in [1.807, 2.05) is 0 Å². The quantitative estimate of drug-likeness (QED) is 0.763. The number of benzene rings is 1. The van der Waals surface area contributed by atoms with Crippen LogP contribution in [0.5, 0.6) is 0 Å². The number of ether oxygens (including phenoxy) is 1. The van der Waals surface area contributed by atoms with E-state index in [9.17, 15) is 23.1 Å². The summed E-state index contributed by atoms with van der Waals surface area (Å²) in [6, 6.07) is 5.02. The highest BCUT2D eigenvalue weighted by Crippen LogP contribution is 2.21. The lowest BCUT2D eigenvalue weighted by Crippen LogP contribution is -2.37. The minimum absolute atomic E-state index is 0.292. The van der Waals surface area contributed by atoms with Gasteiger partial charge >= 0.3 is 6.09 Å². The summed E-state index contributed by atoms with van der Waals surface area (Å²) >= 11 is 0. The third-order valence-corrected chi connectivity index (χ3v) is 3.78. The number of aliphatic hydroxyl groups excluding tert-OH is 1. The zero-order valence-corrected chi connectivity index (χ0v) is 12.1. The highest BCUT2D eigenvalue weighted by molar-refractivity contribution is 7.85. The SMILES string of the molecule is CC(OC(=O)N1N=CC(=O)C1O)c1ccc(S(=O)(=O)O)cc1. The van der Waals surface area contributed by atoms with Crippen molar-refractivity contribution in [3.05, 3.63) is 29.8 Å². The van der Waals surface area contributed by atoms with Crippen LogP contribution < -0.4 is 0 Å². The van der Waals surface area contributed by atoms with E-state index in [1.54, 1.807) is 0 Å². The van der Waals surface area contributed by atoms with E-state index in [4.69, 9.17) is 9.29 Å². The van der Waals surface area contributed by atoms with Gasteiger partial charge in [-0.05, 0) is 24.6 Å². The minimum atomic E-state index is -4.30. The van der Waals surface area contributed by atoms with Gasteiger partial charge in [-0.1, -0.05) is 12.1 Å². The number of ketones is 1. The van der Waals surface area contributed by atoms with Crippen molar-refractivity contribution < 1.29 is 32.4 Å². The number of nitrogens with zero attached hydrogens (tertiary/aromatic N) is 2. The van der Waals surface area contributed by atoms with E-state index < -0.39 is 34.3 Å². The number of aliphatic hydroxyl groups is 1.